The molecule has 0 aliphatic heterocycles. The highest BCUT2D eigenvalue weighted by Crippen LogP contribution is 2.17. The van der Waals surface area contributed by atoms with E-state index in [1.807, 2.05) is 44.2 Å². The second-order valence-corrected chi connectivity index (χ2v) is 6.30. The van der Waals surface area contributed by atoms with Crippen molar-refractivity contribution in [3.8, 4) is 5.75 Å². The van der Waals surface area contributed by atoms with Crippen molar-refractivity contribution in [1.82, 2.24) is 5.32 Å². The van der Waals surface area contributed by atoms with Crippen molar-refractivity contribution in [2.24, 2.45) is 0 Å². The molecular weight excluding hydrogens is 298 g/mol. The molecule has 1 heterocycles. The highest BCUT2D eigenvalue weighted by Gasteiger charge is 2.09. The van der Waals surface area contributed by atoms with Gasteiger partial charge in [0.2, 0.25) is 0 Å². The maximum atomic E-state index is 12.0. The third kappa shape index (κ3) is 4.70. The van der Waals surface area contributed by atoms with Gasteiger partial charge in [0.25, 0.3) is 5.91 Å². The zero-order chi connectivity index (χ0) is 15.9. The van der Waals surface area contributed by atoms with Gasteiger partial charge in [-0.2, -0.15) is 0 Å². The maximum absolute atomic E-state index is 12.0. The van der Waals surface area contributed by atoms with Gasteiger partial charge in [-0.05, 0) is 43.7 Å². The quantitative estimate of drug-likeness (QED) is 0.798. The van der Waals surface area contributed by atoms with Crippen molar-refractivity contribution < 1.29 is 14.3 Å². The Balaban J connectivity index is 1.88. The van der Waals surface area contributed by atoms with E-state index in [1.54, 1.807) is 6.07 Å². The molecule has 22 heavy (non-hydrogen) atoms. The lowest BCUT2D eigenvalue weighted by Gasteiger charge is -2.10. The molecule has 1 N–H and O–H groups in total. The topological polar surface area (TPSA) is 55.4 Å². The first-order chi connectivity index (χ1) is 10.6. The molecule has 0 fully saturated rings. The number of hydrogen-bond donors (Lipinski definition) is 1. The molecule has 0 unspecified atom stereocenters. The summed E-state index contributed by atoms with van der Waals surface area (Å²) in [6.07, 6.45) is 1.34. The van der Waals surface area contributed by atoms with Gasteiger partial charge >= 0.3 is 0 Å². The van der Waals surface area contributed by atoms with Crippen molar-refractivity contribution >= 4 is 23.5 Å². The van der Waals surface area contributed by atoms with E-state index >= 15 is 0 Å². The fraction of sp³-hybridized carbons (Fsp3) is 0.294. The summed E-state index contributed by atoms with van der Waals surface area (Å²) >= 11 is 1.35. The minimum atomic E-state index is -0.121. The minimum absolute atomic E-state index is 0.121. The van der Waals surface area contributed by atoms with E-state index in [4.69, 9.17) is 4.74 Å². The molecule has 2 aromatic rings. The first kappa shape index (κ1) is 16.2. The number of benzene rings is 1. The summed E-state index contributed by atoms with van der Waals surface area (Å²) in [6, 6.07) is 11.2. The Kier molecular flexibility index (Phi) is 5.72. The third-order valence-electron chi connectivity index (χ3n) is 2.92. The molecule has 2 rings (SSSR count). The van der Waals surface area contributed by atoms with E-state index in [2.05, 4.69) is 5.32 Å². The number of nitrogens with one attached hydrogen (secondary N) is 1. The number of carbonyl (C=O) groups is 2. The Morgan fingerprint density at radius 3 is 2.59 bits per heavy atom. The van der Waals surface area contributed by atoms with Crippen molar-refractivity contribution in [3.05, 3.63) is 51.7 Å². The first-order valence-corrected chi connectivity index (χ1v) is 7.96. The number of hydrogen-bond acceptors (Lipinski definition) is 4. The molecule has 4 nitrogen and oxygen atoms in total. The van der Waals surface area contributed by atoms with Gasteiger partial charge < -0.3 is 14.8 Å². The van der Waals surface area contributed by atoms with Crippen molar-refractivity contribution in [2.75, 3.05) is 0 Å². The highest BCUT2D eigenvalue weighted by atomic mass is 32.1. The highest BCUT2D eigenvalue weighted by molar-refractivity contribution is 7.14. The third-order valence-corrected chi connectivity index (χ3v) is 4.02. The summed E-state index contributed by atoms with van der Waals surface area (Å²) in [5.41, 5.74) is 1.01. The van der Waals surface area contributed by atoms with Crippen LogP contribution in [-0.4, -0.2) is 18.3 Å². The number of amides is 1. The fourth-order valence-electron chi connectivity index (χ4n) is 1.92. The van der Waals surface area contributed by atoms with Crippen LogP contribution in [-0.2, 0) is 17.8 Å². The summed E-state index contributed by atoms with van der Waals surface area (Å²) < 4.78 is 5.58. The smallest absolute Gasteiger partial charge is 0.261 e. The van der Waals surface area contributed by atoms with Crippen molar-refractivity contribution in [3.63, 3.8) is 0 Å². The van der Waals surface area contributed by atoms with Crippen LogP contribution in [0.4, 0.5) is 0 Å². The van der Waals surface area contributed by atoms with Gasteiger partial charge in [0, 0.05) is 17.8 Å². The molecule has 0 saturated heterocycles. The Morgan fingerprint density at radius 2 is 1.95 bits per heavy atom. The Labute approximate surface area is 134 Å². The predicted molar refractivity (Wildman–Crippen MR) is 87.5 cm³/mol. The SMILES string of the molecule is CC(C)Oc1ccc(CNC(=O)c2ccc(CC=O)s2)cc1. The van der Waals surface area contributed by atoms with Gasteiger partial charge in [-0.15, -0.1) is 11.3 Å². The van der Waals surface area contributed by atoms with Crippen LogP contribution in [0.25, 0.3) is 0 Å². The number of thiophene rings is 1. The lowest BCUT2D eigenvalue weighted by Crippen LogP contribution is -2.21. The summed E-state index contributed by atoms with van der Waals surface area (Å²) in [5, 5.41) is 2.87. The molecule has 0 spiro atoms. The van der Waals surface area contributed by atoms with E-state index in [0.29, 0.717) is 17.8 Å². The second-order valence-electron chi connectivity index (χ2n) is 5.13. The molecule has 116 valence electrons. The average Bonchev–Trinajstić information content (AvgIpc) is 2.95. The van der Waals surface area contributed by atoms with E-state index in [9.17, 15) is 9.59 Å². The van der Waals surface area contributed by atoms with Gasteiger partial charge in [-0.25, -0.2) is 0 Å². The van der Waals surface area contributed by atoms with Gasteiger partial charge in [-0.1, -0.05) is 12.1 Å². The van der Waals surface area contributed by atoms with Crippen LogP contribution < -0.4 is 10.1 Å². The van der Waals surface area contributed by atoms with Crippen LogP contribution in [0.15, 0.2) is 36.4 Å². The van der Waals surface area contributed by atoms with E-state index in [0.717, 1.165) is 22.5 Å². The molecule has 1 aromatic carbocycles. The Morgan fingerprint density at radius 1 is 1.23 bits per heavy atom. The van der Waals surface area contributed by atoms with Gasteiger partial charge in [-0.3, -0.25) is 4.79 Å². The molecule has 0 saturated carbocycles. The maximum Gasteiger partial charge on any atom is 0.261 e. The summed E-state index contributed by atoms with van der Waals surface area (Å²) in [6.45, 7) is 4.42. The standard InChI is InChI=1S/C17H19NO3S/c1-12(2)21-14-5-3-13(4-6-14)11-18-17(20)16-8-7-15(22-16)9-10-19/h3-8,10,12H,9,11H2,1-2H3,(H,18,20). The van der Waals surface area contributed by atoms with E-state index in [1.165, 1.54) is 11.3 Å². The number of rotatable bonds is 7. The molecule has 0 aliphatic rings. The molecule has 5 heteroatoms. The lowest BCUT2D eigenvalue weighted by atomic mass is 10.2. The summed E-state index contributed by atoms with van der Waals surface area (Å²) in [5.74, 6) is 0.700. The molecule has 1 amide bonds. The molecule has 0 bridgehead atoms. The largest absolute Gasteiger partial charge is 0.491 e. The Bertz CT molecular complexity index is 632. The normalized spacial score (nSPS) is 10.5. The van der Waals surface area contributed by atoms with E-state index < -0.39 is 0 Å². The van der Waals surface area contributed by atoms with Gasteiger partial charge in [0.05, 0.1) is 11.0 Å². The van der Waals surface area contributed by atoms with Crippen LogP contribution in [0, 0.1) is 0 Å². The van der Waals surface area contributed by atoms with Crippen LogP contribution in [0.2, 0.25) is 0 Å². The Hall–Kier alpha value is -2.14. The average molecular weight is 317 g/mol. The lowest BCUT2D eigenvalue weighted by molar-refractivity contribution is -0.107. The predicted octanol–water partition coefficient (Wildman–Crippen LogP) is 3.21. The van der Waals surface area contributed by atoms with Crippen LogP contribution in [0.5, 0.6) is 5.75 Å². The zero-order valence-corrected chi connectivity index (χ0v) is 13.5. The van der Waals surface area contributed by atoms with Crippen LogP contribution in [0.3, 0.4) is 0 Å². The first-order valence-electron chi connectivity index (χ1n) is 7.14. The monoisotopic (exact) mass is 317 g/mol. The molecular formula is C17H19NO3S. The van der Waals surface area contributed by atoms with Crippen LogP contribution in [0.1, 0.15) is 34.0 Å². The molecule has 0 atom stereocenters. The minimum Gasteiger partial charge on any atom is -0.491 e. The van der Waals surface area contributed by atoms with Crippen molar-refractivity contribution in [1.29, 1.82) is 0 Å². The van der Waals surface area contributed by atoms with Crippen molar-refractivity contribution in [2.45, 2.75) is 32.9 Å². The number of carbonyl (C=O) groups excluding carboxylic acids is 2. The zero-order valence-electron chi connectivity index (χ0n) is 12.7. The van der Waals surface area contributed by atoms with E-state index in [-0.39, 0.29) is 12.0 Å². The number of ether oxygens (including phenoxy) is 1. The molecule has 0 aliphatic carbocycles. The van der Waals surface area contributed by atoms with Crippen LogP contribution >= 0.6 is 11.3 Å². The fourth-order valence-corrected chi connectivity index (χ4v) is 2.79. The molecule has 1 aromatic heterocycles. The second kappa shape index (κ2) is 7.75. The summed E-state index contributed by atoms with van der Waals surface area (Å²) in [4.78, 5) is 24.0. The molecule has 0 radical (unpaired) electrons. The summed E-state index contributed by atoms with van der Waals surface area (Å²) in [7, 11) is 0. The van der Waals surface area contributed by atoms with Gasteiger partial charge in [0.15, 0.2) is 0 Å². The van der Waals surface area contributed by atoms with Gasteiger partial charge in [0.1, 0.15) is 12.0 Å². The number of aldehydes is 1.